The van der Waals surface area contributed by atoms with Gasteiger partial charge < -0.3 is 20.1 Å². The first kappa shape index (κ1) is 16.8. The Bertz CT molecular complexity index is 802. The number of carbonyl (C=O) groups is 2. The quantitative estimate of drug-likeness (QED) is 0.896. The van der Waals surface area contributed by atoms with E-state index in [1.54, 1.807) is 32.0 Å². The van der Waals surface area contributed by atoms with Gasteiger partial charge in [-0.05, 0) is 51.1 Å². The van der Waals surface area contributed by atoms with Gasteiger partial charge in [-0.1, -0.05) is 17.7 Å². The minimum absolute atomic E-state index is 0.216. The highest BCUT2D eigenvalue weighted by Crippen LogP contribution is 2.32. The number of rotatable bonds is 4. The number of hydrogen-bond acceptors (Lipinski definition) is 4. The summed E-state index contributed by atoms with van der Waals surface area (Å²) in [4.78, 5) is 24.0. The molecule has 0 saturated carbocycles. The number of aryl methyl sites for hydroxylation is 1. The largest absolute Gasteiger partial charge is 0.481 e. The van der Waals surface area contributed by atoms with Crippen LogP contribution in [0.25, 0.3) is 0 Å². The smallest absolute Gasteiger partial charge is 0.265 e. The summed E-state index contributed by atoms with van der Waals surface area (Å²) in [5.74, 6) is 0.714. The Labute approximate surface area is 146 Å². The van der Waals surface area contributed by atoms with Crippen molar-refractivity contribution in [2.45, 2.75) is 33.0 Å². The fraction of sp³-hybridized carbons (Fsp3) is 0.263. The molecule has 1 aliphatic heterocycles. The van der Waals surface area contributed by atoms with Gasteiger partial charge in [-0.3, -0.25) is 9.59 Å². The fourth-order valence-corrected chi connectivity index (χ4v) is 2.40. The first-order chi connectivity index (χ1) is 11.9. The summed E-state index contributed by atoms with van der Waals surface area (Å²) < 4.78 is 11.1. The maximum Gasteiger partial charge on any atom is 0.265 e. The van der Waals surface area contributed by atoms with Crippen molar-refractivity contribution in [1.82, 2.24) is 0 Å². The summed E-state index contributed by atoms with van der Waals surface area (Å²) >= 11 is 0. The molecule has 0 fully saturated rings. The second-order valence-corrected chi connectivity index (χ2v) is 6.02. The molecule has 0 aromatic heterocycles. The molecule has 25 heavy (non-hydrogen) atoms. The van der Waals surface area contributed by atoms with Crippen LogP contribution in [-0.2, 0) is 9.59 Å². The van der Waals surface area contributed by atoms with Crippen LogP contribution in [0.3, 0.4) is 0 Å². The molecule has 2 N–H and O–H groups in total. The number of benzene rings is 2. The molecule has 6 nitrogen and oxygen atoms in total. The standard InChI is InChI=1S/C19H20N2O4/c1-11-4-7-15(8-5-11)24-12(2)18(22)20-14-6-9-17-16(10-14)21-19(23)13(3)25-17/h4-10,12-13H,1-3H3,(H,20,22)(H,21,23)/t12-,13-/m1/s1. The molecule has 2 aromatic rings. The van der Waals surface area contributed by atoms with Gasteiger partial charge in [-0.25, -0.2) is 0 Å². The molecule has 1 aliphatic rings. The Morgan fingerprint density at radius 2 is 1.96 bits per heavy atom. The lowest BCUT2D eigenvalue weighted by Gasteiger charge is -2.24. The third-order valence-corrected chi connectivity index (χ3v) is 3.88. The minimum Gasteiger partial charge on any atom is -0.481 e. The molecule has 2 atom stereocenters. The third kappa shape index (κ3) is 3.91. The number of nitrogens with one attached hydrogen (secondary N) is 2. The van der Waals surface area contributed by atoms with Crippen LogP contribution >= 0.6 is 0 Å². The number of anilines is 2. The number of hydrogen-bond donors (Lipinski definition) is 2. The molecular weight excluding hydrogens is 320 g/mol. The zero-order chi connectivity index (χ0) is 18.0. The van der Waals surface area contributed by atoms with Crippen molar-refractivity contribution in [3.05, 3.63) is 48.0 Å². The van der Waals surface area contributed by atoms with Crippen LogP contribution in [0.5, 0.6) is 11.5 Å². The van der Waals surface area contributed by atoms with Gasteiger partial charge in [-0.2, -0.15) is 0 Å². The summed E-state index contributed by atoms with van der Waals surface area (Å²) in [5.41, 5.74) is 2.21. The van der Waals surface area contributed by atoms with E-state index in [0.29, 0.717) is 22.9 Å². The molecule has 1 heterocycles. The first-order valence-corrected chi connectivity index (χ1v) is 8.08. The molecule has 0 aliphatic carbocycles. The van der Waals surface area contributed by atoms with Crippen molar-refractivity contribution < 1.29 is 19.1 Å². The van der Waals surface area contributed by atoms with Gasteiger partial charge in [0.15, 0.2) is 12.2 Å². The average molecular weight is 340 g/mol. The molecule has 6 heteroatoms. The van der Waals surface area contributed by atoms with E-state index in [2.05, 4.69) is 10.6 Å². The Kier molecular flexibility index (Phi) is 4.61. The third-order valence-electron chi connectivity index (χ3n) is 3.88. The number of fused-ring (bicyclic) bond motifs is 1. The van der Waals surface area contributed by atoms with E-state index in [4.69, 9.17) is 9.47 Å². The van der Waals surface area contributed by atoms with E-state index in [0.717, 1.165) is 5.56 Å². The molecule has 3 rings (SSSR count). The Morgan fingerprint density at radius 1 is 1.24 bits per heavy atom. The van der Waals surface area contributed by atoms with Crippen molar-refractivity contribution in [2.24, 2.45) is 0 Å². The molecule has 0 radical (unpaired) electrons. The van der Waals surface area contributed by atoms with Crippen molar-refractivity contribution >= 4 is 23.2 Å². The SMILES string of the molecule is Cc1ccc(O[C@H](C)C(=O)Nc2ccc3c(c2)NC(=O)[C@@H](C)O3)cc1. The second-order valence-electron chi connectivity index (χ2n) is 6.02. The predicted octanol–water partition coefficient (Wildman–Crippen LogP) is 3.12. The lowest BCUT2D eigenvalue weighted by molar-refractivity contribution is -0.123. The van der Waals surface area contributed by atoms with E-state index in [9.17, 15) is 9.59 Å². The number of carbonyl (C=O) groups excluding carboxylic acids is 2. The highest BCUT2D eigenvalue weighted by Gasteiger charge is 2.24. The van der Waals surface area contributed by atoms with Crippen molar-refractivity contribution in [3.8, 4) is 11.5 Å². The number of amides is 2. The molecule has 0 saturated heterocycles. The molecule has 130 valence electrons. The van der Waals surface area contributed by atoms with E-state index < -0.39 is 12.2 Å². The van der Waals surface area contributed by atoms with Crippen molar-refractivity contribution in [2.75, 3.05) is 10.6 Å². The van der Waals surface area contributed by atoms with E-state index >= 15 is 0 Å². The highest BCUT2D eigenvalue weighted by atomic mass is 16.5. The van der Waals surface area contributed by atoms with E-state index in [-0.39, 0.29) is 11.8 Å². The fourth-order valence-electron chi connectivity index (χ4n) is 2.40. The summed E-state index contributed by atoms with van der Waals surface area (Å²) in [6.45, 7) is 5.34. The minimum atomic E-state index is -0.662. The van der Waals surface area contributed by atoms with Crippen LogP contribution in [0.1, 0.15) is 19.4 Å². The predicted molar refractivity (Wildman–Crippen MR) is 95.1 cm³/mol. The maximum atomic E-state index is 12.3. The lowest BCUT2D eigenvalue weighted by atomic mass is 10.2. The topological polar surface area (TPSA) is 76.7 Å². The molecule has 2 aromatic carbocycles. The van der Waals surface area contributed by atoms with Crippen LogP contribution in [0.2, 0.25) is 0 Å². The van der Waals surface area contributed by atoms with Crippen LogP contribution in [0.15, 0.2) is 42.5 Å². The van der Waals surface area contributed by atoms with Crippen LogP contribution in [0.4, 0.5) is 11.4 Å². The molecular formula is C19H20N2O4. The highest BCUT2D eigenvalue weighted by molar-refractivity contribution is 5.99. The van der Waals surface area contributed by atoms with Gasteiger partial charge in [0.2, 0.25) is 0 Å². The lowest BCUT2D eigenvalue weighted by Crippen LogP contribution is -2.34. The van der Waals surface area contributed by atoms with E-state index in [1.165, 1.54) is 0 Å². The molecule has 2 amide bonds. The van der Waals surface area contributed by atoms with Crippen molar-refractivity contribution in [3.63, 3.8) is 0 Å². The van der Waals surface area contributed by atoms with Crippen LogP contribution in [0, 0.1) is 6.92 Å². The first-order valence-electron chi connectivity index (χ1n) is 8.08. The monoisotopic (exact) mass is 340 g/mol. The Hall–Kier alpha value is -3.02. The second kappa shape index (κ2) is 6.84. The Balaban J connectivity index is 1.65. The molecule has 0 spiro atoms. The summed E-state index contributed by atoms with van der Waals surface area (Å²) in [6, 6.07) is 12.6. The van der Waals surface area contributed by atoms with Crippen molar-refractivity contribution in [1.29, 1.82) is 0 Å². The Morgan fingerprint density at radius 3 is 2.68 bits per heavy atom. The van der Waals surface area contributed by atoms with Crippen LogP contribution in [-0.4, -0.2) is 24.0 Å². The van der Waals surface area contributed by atoms with Gasteiger partial charge >= 0.3 is 0 Å². The van der Waals surface area contributed by atoms with Crippen LogP contribution < -0.4 is 20.1 Å². The van der Waals surface area contributed by atoms with Gasteiger partial charge in [0.05, 0.1) is 5.69 Å². The summed E-state index contributed by atoms with van der Waals surface area (Å²) in [5, 5.41) is 5.53. The molecule has 0 bridgehead atoms. The van der Waals surface area contributed by atoms with Gasteiger partial charge in [-0.15, -0.1) is 0 Å². The maximum absolute atomic E-state index is 12.3. The zero-order valence-corrected chi connectivity index (χ0v) is 14.3. The van der Waals surface area contributed by atoms with E-state index in [1.807, 2.05) is 31.2 Å². The van der Waals surface area contributed by atoms with Gasteiger partial charge in [0, 0.05) is 5.69 Å². The zero-order valence-electron chi connectivity index (χ0n) is 14.3. The molecule has 0 unspecified atom stereocenters. The average Bonchev–Trinajstić information content (AvgIpc) is 2.58. The number of ether oxygens (including phenoxy) is 2. The summed E-state index contributed by atoms with van der Waals surface area (Å²) in [6.07, 6.45) is -1.19. The summed E-state index contributed by atoms with van der Waals surface area (Å²) in [7, 11) is 0. The van der Waals surface area contributed by atoms with Gasteiger partial charge in [0.1, 0.15) is 11.5 Å². The van der Waals surface area contributed by atoms with Gasteiger partial charge in [0.25, 0.3) is 11.8 Å². The normalized spacial score (nSPS) is 16.9.